The third-order valence-corrected chi connectivity index (χ3v) is 2.03. The van der Waals surface area contributed by atoms with Crippen LogP contribution < -0.4 is 5.32 Å². The van der Waals surface area contributed by atoms with Gasteiger partial charge in [0.1, 0.15) is 0 Å². The minimum Gasteiger partial charge on any atom is -0.481 e. The Bertz CT molecular complexity index is 310. The molecule has 1 aromatic carbocycles. The molecule has 0 heterocycles. The van der Waals surface area contributed by atoms with Crippen LogP contribution in [0, 0.1) is 6.92 Å². The van der Waals surface area contributed by atoms with E-state index in [1.165, 1.54) is 5.56 Å². The number of carboxylic acid groups (broad SMARTS) is 1. The number of benzene rings is 1. The molecule has 14 heavy (non-hydrogen) atoms. The van der Waals surface area contributed by atoms with Gasteiger partial charge in [-0.2, -0.15) is 0 Å². The highest BCUT2D eigenvalue weighted by Gasteiger charge is 1.97. The highest BCUT2D eigenvalue weighted by molar-refractivity contribution is 5.66. The van der Waals surface area contributed by atoms with Crippen LogP contribution in [0.5, 0.6) is 0 Å². The summed E-state index contributed by atoms with van der Waals surface area (Å²) >= 11 is 0. The molecule has 0 saturated carbocycles. The van der Waals surface area contributed by atoms with E-state index in [9.17, 15) is 4.79 Å². The molecule has 3 heteroatoms. The van der Waals surface area contributed by atoms with E-state index in [-0.39, 0.29) is 6.42 Å². The van der Waals surface area contributed by atoms with Crippen molar-refractivity contribution in [1.29, 1.82) is 0 Å². The van der Waals surface area contributed by atoms with Gasteiger partial charge in [0.05, 0.1) is 0 Å². The smallest absolute Gasteiger partial charge is 0.303 e. The first-order valence-corrected chi connectivity index (χ1v) is 4.71. The van der Waals surface area contributed by atoms with Crippen LogP contribution in [0.25, 0.3) is 0 Å². The number of aliphatic carboxylic acids is 1. The van der Waals surface area contributed by atoms with E-state index in [0.717, 1.165) is 5.69 Å². The quantitative estimate of drug-likeness (QED) is 0.705. The lowest BCUT2D eigenvalue weighted by Crippen LogP contribution is -2.05. The van der Waals surface area contributed by atoms with Crippen molar-refractivity contribution in [1.82, 2.24) is 0 Å². The zero-order valence-corrected chi connectivity index (χ0v) is 8.29. The van der Waals surface area contributed by atoms with Crippen molar-refractivity contribution in [3.05, 3.63) is 29.8 Å². The monoisotopic (exact) mass is 193 g/mol. The van der Waals surface area contributed by atoms with E-state index in [2.05, 4.69) is 5.32 Å². The van der Waals surface area contributed by atoms with Crippen molar-refractivity contribution < 1.29 is 9.90 Å². The van der Waals surface area contributed by atoms with E-state index in [0.29, 0.717) is 13.0 Å². The Kier molecular flexibility index (Phi) is 3.98. The maximum absolute atomic E-state index is 10.2. The molecule has 0 bridgehead atoms. The average molecular weight is 193 g/mol. The molecule has 0 radical (unpaired) electrons. The zero-order valence-electron chi connectivity index (χ0n) is 8.29. The largest absolute Gasteiger partial charge is 0.481 e. The minimum atomic E-state index is -0.739. The third-order valence-electron chi connectivity index (χ3n) is 2.03. The van der Waals surface area contributed by atoms with Gasteiger partial charge in [-0.25, -0.2) is 0 Å². The Hall–Kier alpha value is -1.51. The van der Waals surface area contributed by atoms with Crippen LogP contribution >= 0.6 is 0 Å². The first kappa shape index (κ1) is 10.6. The number of hydrogen-bond acceptors (Lipinski definition) is 2. The molecule has 0 aliphatic rings. The number of anilines is 1. The lowest BCUT2D eigenvalue weighted by atomic mass is 10.2. The molecule has 0 aromatic heterocycles. The van der Waals surface area contributed by atoms with Gasteiger partial charge in [-0.1, -0.05) is 18.2 Å². The molecule has 0 aliphatic carbocycles. The number of para-hydroxylation sites is 1. The molecule has 0 spiro atoms. The number of carbonyl (C=O) groups is 1. The second-order valence-corrected chi connectivity index (χ2v) is 3.24. The van der Waals surface area contributed by atoms with Gasteiger partial charge in [0, 0.05) is 18.7 Å². The predicted octanol–water partition coefficient (Wildman–Crippen LogP) is 2.27. The summed E-state index contributed by atoms with van der Waals surface area (Å²) in [6.07, 6.45) is 0.878. The first-order chi connectivity index (χ1) is 6.70. The molecule has 0 saturated heterocycles. The molecule has 0 amide bonds. The molecule has 0 fully saturated rings. The lowest BCUT2D eigenvalue weighted by molar-refractivity contribution is -0.137. The Morgan fingerprint density at radius 1 is 1.43 bits per heavy atom. The van der Waals surface area contributed by atoms with Gasteiger partial charge in [-0.05, 0) is 25.0 Å². The minimum absolute atomic E-state index is 0.221. The number of carboxylic acids is 1. The standard InChI is InChI=1S/C11H15NO2/c1-9-5-2-3-6-10(9)12-8-4-7-11(13)14/h2-3,5-6,12H,4,7-8H2,1H3,(H,13,14). The third kappa shape index (κ3) is 3.47. The summed E-state index contributed by atoms with van der Waals surface area (Å²) in [4.78, 5) is 10.2. The second kappa shape index (κ2) is 5.27. The maximum atomic E-state index is 10.2. The van der Waals surface area contributed by atoms with Crippen molar-refractivity contribution in [2.45, 2.75) is 19.8 Å². The van der Waals surface area contributed by atoms with Crippen LogP contribution in [0.15, 0.2) is 24.3 Å². The summed E-state index contributed by atoms with van der Waals surface area (Å²) in [6.45, 7) is 2.73. The Labute approximate surface area is 83.8 Å². The van der Waals surface area contributed by atoms with Crippen molar-refractivity contribution in [2.24, 2.45) is 0 Å². The number of aryl methyl sites for hydroxylation is 1. The van der Waals surface area contributed by atoms with Gasteiger partial charge in [-0.3, -0.25) is 4.79 Å². The summed E-state index contributed by atoms with van der Waals surface area (Å²) in [5.74, 6) is -0.739. The summed E-state index contributed by atoms with van der Waals surface area (Å²) in [5, 5.41) is 11.6. The molecule has 0 aliphatic heterocycles. The average Bonchev–Trinajstić information content (AvgIpc) is 2.15. The normalized spacial score (nSPS) is 9.79. The van der Waals surface area contributed by atoms with Gasteiger partial charge in [-0.15, -0.1) is 0 Å². The van der Waals surface area contributed by atoms with E-state index in [1.54, 1.807) is 0 Å². The van der Waals surface area contributed by atoms with Crippen molar-refractivity contribution in [3.63, 3.8) is 0 Å². The Morgan fingerprint density at radius 3 is 2.79 bits per heavy atom. The van der Waals surface area contributed by atoms with Crippen LogP contribution in [0.3, 0.4) is 0 Å². The SMILES string of the molecule is Cc1ccccc1NCCCC(=O)O. The molecular weight excluding hydrogens is 178 g/mol. The zero-order chi connectivity index (χ0) is 10.4. The molecule has 1 aromatic rings. The van der Waals surface area contributed by atoms with Crippen LogP contribution in [-0.4, -0.2) is 17.6 Å². The molecule has 1 rings (SSSR count). The molecule has 0 atom stereocenters. The summed E-state index contributed by atoms with van der Waals surface area (Å²) in [7, 11) is 0. The molecule has 3 nitrogen and oxygen atoms in total. The van der Waals surface area contributed by atoms with Crippen LogP contribution in [0.2, 0.25) is 0 Å². The van der Waals surface area contributed by atoms with E-state index >= 15 is 0 Å². The topological polar surface area (TPSA) is 49.3 Å². The molecule has 76 valence electrons. The van der Waals surface area contributed by atoms with E-state index < -0.39 is 5.97 Å². The fourth-order valence-corrected chi connectivity index (χ4v) is 1.23. The van der Waals surface area contributed by atoms with Gasteiger partial charge < -0.3 is 10.4 Å². The number of nitrogens with one attached hydrogen (secondary N) is 1. The highest BCUT2D eigenvalue weighted by atomic mass is 16.4. The lowest BCUT2D eigenvalue weighted by Gasteiger charge is -2.07. The van der Waals surface area contributed by atoms with Crippen molar-refractivity contribution in [3.8, 4) is 0 Å². The molecular formula is C11H15NO2. The molecule has 2 N–H and O–H groups in total. The predicted molar refractivity (Wildman–Crippen MR) is 56.5 cm³/mol. The van der Waals surface area contributed by atoms with Gasteiger partial charge in [0.2, 0.25) is 0 Å². The van der Waals surface area contributed by atoms with E-state index in [4.69, 9.17) is 5.11 Å². The van der Waals surface area contributed by atoms with Crippen molar-refractivity contribution in [2.75, 3.05) is 11.9 Å². The van der Waals surface area contributed by atoms with Gasteiger partial charge in [0.15, 0.2) is 0 Å². The van der Waals surface area contributed by atoms with Crippen LogP contribution in [0.1, 0.15) is 18.4 Å². The fourth-order valence-electron chi connectivity index (χ4n) is 1.23. The molecule has 0 unspecified atom stereocenters. The van der Waals surface area contributed by atoms with Gasteiger partial charge in [0.25, 0.3) is 0 Å². The summed E-state index contributed by atoms with van der Waals surface area (Å²) in [5.41, 5.74) is 2.26. The fraction of sp³-hybridized carbons (Fsp3) is 0.364. The Balaban J connectivity index is 2.31. The van der Waals surface area contributed by atoms with Crippen LogP contribution in [-0.2, 0) is 4.79 Å². The van der Waals surface area contributed by atoms with Crippen molar-refractivity contribution >= 4 is 11.7 Å². The van der Waals surface area contributed by atoms with Gasteiger partial charge >= 0.3 is 5.97 Å². The Morgan fingerprint density at radius 2 is 2.14 bits per heavy atom. The number of hydrogen-bond donors (Lipinski definition) is 2. The highest BCUT2D eigenvalue weighted by Crippen LogP contribution is 2.12. The first-order valence-electron chi connectivity index (χ1n) is 4.71. The number of rotatable bonds is 5. The second-order valence-electron chi connectivity index (χ2n) is 3.24. The maximum Gasteiger partial charge on any atom is 0.303 e. The summed E-state index contributed by atoms with van der Waals surface area (Å²) in [6, 6.07) is 7.97. The summed E-state index contributed by atoms with van der Waals surface area (Å²) < 4.78 is 0. The van der Waals surface area contributed by atoms with Crippen LogP contribution in [0.4, 0.5) is 5.69 Å². The van der Waals surface area contributed by atoms with E-state index in [1.807, 2.05) is 31.2 Å².